The van der Waals surface area contributed by atoms with Crippen molar-refractivity contribution < 1.29 is 33.3 Å². The van der Waals surface area contributed by atoms with E-state index in [2.05, 4.69) is 16.0 Å². The fraction of sp³-hybridized carbons (Fsp3) is 0.171. The van der Waals surface area contributed by atoms with Crippen LogP contribution < -0.4 is 34.9 Å². The molecule has 1 aliphatic rings. The number of hydrogen-bond acceptors (Lipinski definition) is 8. The van der Waals surface area contributed by atoms with Crippen molar-refractivity contribution in [3.63, 3.8) is 0 Å². The molecule has 0 fully saturated rings. The van der Waals surface area contributed by atoms with Gasteiger partial charge in [-0.2, -0.15) is 0 Å². The van der Waals surface area contributed by atoms with Gasteiger partial charge in [-0.05, 0) is 73.2 Å². The van der Waals surface area contributed by atoms with E-state index in [0.717, 1.165) is 4.90 Å². The molecular formula is C35H33N3O7S. The van der Waals surface area contributed by atoms with Crippen molar-refractivity contribution in [2.75, 3.05) is 31.6 Å². The van der Waals surface area contributed by atoms with Crippen molar-refractivity contribution in [3.8, 4) is 23.0 Å². The molecular weight excluding hydrogens is 606 g/mol. The fourth-order valence-corrected chi connectivity index (χ4v) is 5.59. The van der Waals surface area contributed by atoms with E-state index >= 15 is 0 Å². The lowest BCUT2D eigenvalue weighted by molar-refractivity contribution is -0.116. The number of benzene rings is 4. The summed E-state index contributed by atoms with van der Waals surface area (Å²) in [6.45, 7) is 2.08. The average molecular weight is 640 g/mol. The number of carbonyl (C=O) groups excluding carboxylic acids is 3. The van der Waals surface area contributed by atoms with Gasteiger partial charge in [0.25, 0.3) is 11.8 Å². The second kappa shape index (κ2) is 15.0. The summed E-state index contributed by atoms with van der Waals surface area (Å²) in [6, 6.07) is 26.2. The fourth-order valence-electron chi connectivity index (χ4n) is 4.58. The van der Waals surface area contributed by atoms with E-state index in [0.29, 0.717) is 51.9 Å². The van der Waals surface area contributed by atoms with Crippen LogP contribution in [0.5, 0.6) is 23.0 Å². The Morgan fingerprint density at radius 3 is 2.39 bits per heavy atom. The van der Waals surface area contributed by atoms with Crippen molar-refractivity contribution in [1.82, 2.24) is 5.32 Å². The number of rotatable bonds is 12. The second-order valence-electron chi connectivity index (χ2n) is 10.0. The molecule has 1 unspecified atom stereocenters. The van der Waals surface area contributed by atoms with Crippen LogP contribution in [-0.4, -0.2) is 44.0 Å². The number of fused-ring (bicyclic) bond motifs is 1. The quantitative estimate of drug-likeness (QED) is 0.121. The third-order valence-electron chi connectivity index (χ3n) is 6.94. The maximum absolute atomic E-state index is 13.7. The van der Waals surface area contributed by atoms with E-state index in [1.165, 1.54) is 32.1 Å². The molecule has 5 rings (SSSR count). The maximum atomic E-state index is 13.7. The van der Waals surface area contributed by atoms with E-state index in [1.54, 1.807) is 84.9 Å². The summed E-state index contributed by atoms with van der Waals surface area (Å²) in [5, 5.41) is 8.16. The van der Waals surface area contributed by atoms with E-state index in [9.17, 15) is 14.4 Å². The zero-order valence-electron chi connectivity index (χ0n) is 25.5. The van der Waals surface area contributed by atoms with E-state index in [-0.39, 0.29) is 18.4 Å². The Labute approximate surface area is 271 Å². The molecule has 4 aromatic rings. The Morgan fingerprint density at radius 2 is 1.63 bits per heavy atom. The van der Waals surface area contributed by atoms with Gasteiger partial charge >= 0.3 is 0 Å². The van der Waals surface area contributed by atoms with Gasteiger partial charge in [-0.3, -0.25) is 14.4 Å². The Bertz CT molecular complexity index is 1760. The highest BCUT2D eigenvalue weighted by Gasteiger charge is 2.21. The van der Waals surface area contributed by atoms with Crippen LogP contribution in [0.15, 0.2) is 102 Å². The van der Waals surface area contributed by atoms with Crippen molar-refractivity contribution in [2.24, 2.45) is 0 Å². The molecule has 0 bridgehead atoms. The maximum Gasteiger partial charge on any atom is 0.272 e. The number of thioether (sulfide) groups is 1. The first kappa shape index (κ1) is 32.0. The molecule has 0 spiro atoms. The summed E-state index contributed by atoms with van der Waals surface area (Å²) in [4.78, 5) is 40.7. The highest BCUT2D eigenvalue weighted by molar-refractivity contribution is 8.00. The van der Waals surface area contributed by atoms with Crippen LogP contribution in [0.2, 0.25) is 0 Å². The largest absolute Gasteiger partial charge is 0.497 e. The minimum atomic E-state index is -0.552. The zero-order valence-corrected chi connectivity index (χ0v) is 26.3. The molecule has 0 aromatic heterocycles. The number of carbonyl (C=O) groups is 3. The number of anilines is 2. The van der Waals surface area contributed by atoms with Gasteiger partial charge in [0.2, 0.25) is 12.7 Å². The first-order valence-electron chi connectivity index (χ1n) is 14.5. The SMILES string of the molecule is CCC(Sc1cccc(NC(=O)/C(=C\c2cc(OC)ccc2OC)NC(=O)c2ccccc2)c1)C(=O)Nc1ccc2c(c1)OCO2. The van der Waals surface area contributed by atoms with Gasteiger partial charge in [-0.15, -0.1) is 11.8 Å². The lowest BCUT2D eigenvalue weighted by Crippen LogP contribution is -2.30. The molecule has 3 N–H and O–H groups in total. The molecule has 1 heterocycles. The van der Waals surface area contributed by atoms with Gasteiger partial charge in [-0.25, -0.2) is 0 Å². The molecule has 0 saturated heterocycles. The molecule has 11 heteroatoms. The van der Waals surface area contributed by atoms with Crippen LogP contribution >= 0.6 is 11.8 Å². The van der Waals surface area contributed by atoms with Gasteiger partial charge in [0.05, 0.1) is 19.5 Å². The van der Waals surface area contributed by atoms with Crippen LogP contribution in [0.25, 0.3) is 6.08 Å². The van der Waals surface area contributed by atoms with Crippen LogP contribution in [0.4, 0.5) is 11.4 Å². The zero-order chi connectivity index (χ0) is 32.5. The molecule has 1 aliphatic heterocycles. The molecule has 10 nitrogen and oxygen atoms in total. The highest BCUT2D eigenvalue weighted by atomic mass is 32.2. The van der Waals surface area contributed by atoms with Crippen LogP contribution in [0, 0.1) is 0 Å². The van der Waals surface area contributed by atoms with Crippen molar-refractivity contribution in [1.29, 1.82) is 0 Å². The van der Waals surface area contributed by atoms with E-state index < -0.39 is 17.1 Å². The van der Waals surface area contributed by atoms with Crippen LogP contribution in [-0.2, 0) is 9.59 Å². The van der Waals surface area contributed by atoms with E-state index in [1.807, 2.05) is 13.0 Å². The topological polar surface area (TPSA) is 124 Å². The molecule has 236 valence electrons. The summed E-state index contributed by atoms with van der Waals surface area (Å²) < 4.78 is 21.6. The van der Waals surface area contributed by atoms with Crippen LogP contribution in [0.3, 0.4) is 0 Å². The monoisotopic (exact) mass is 639 g/mol. The number of methoxy groups -OCH3 is 2. The molecule has 4 aromatic carbocycles. The standard InChI is InChI=1S/C35H33N3O7S/c1-4-32(35(41)37-25-13-15-30-31(20-25)45-21-44-30)46-27-12-8-11-24(19-27)36-34(40)28(38-33(39)22-9-6-5-7-10-22)18-23-17-26(42-2)14-16-29(23)43-3/h5-20,32H,4,21H2,1-3H3,(H,36,40)(H,37,41)(H,38,39)/b28-18+. The minimum Gasteiger partial charge on any atom is -0.497 e. The van der Waals surface area contributed by atoms with Crippen molar-refractivity contribution in [2.45, 2.75) is 23.5 Å². The number of ether oxygens (including phenoxy) is 4. The van der Waals surface area contributed by atoms with Gasteiger partial charge in [-0.1, -0.05) is 31.2 Å². The molecule has 46 heavy (non-hydrogen) atoms. The Balaban J connectivity index is 1.33. The number of nitrogens with one attached hydrogen (secondary N) is 3. The Hall–Kier alpha value is -5.42. The average Bonchev–Trinajstić information content (AvgIpc) is 3.55. The Morgan fingerprint density at radius 1 is 0.848 bits per heavy atom. The molecule has 0 saturated carbocycles. The van der Waals surface area contributed by atoms with Gasteiger partial charge in [0.15, 0.2) is 11.5 Å². The Kier molecular flexibility index (Phi) is 10.5. The predicted octanol–water partition coefficient (Wildman–Crippen LogP) is 6.35. The number of amides is 3. The van der Waals surface area contributed by atoms with Crippen LogP contribution in [0.1, 0.15) is 29.3 Å². The first-order chi connectivity index (χ1) is 22.4. The van der Waals surface area contributed by atoms with Gasteiger partial charge in [0.1, 0.15) is 17.2 Å². The van der Waals surface area contributed by atoms with E-state index in [4.69, 9.17) is 18.9 Å². The first-order valence-corrected chi connectivity index (χ1v) is 15.3. The second-order valence-corrected chi connectivity index (χ2v) is 11.3. The summed E-state index contributed by atoms with van der Waals surface area (Å²) in [5.41, 5.74) is 2.01. The van der Waals surface area contributed by atoms with Crippen molar-refractivity contribution in [3.05, 3.63) is 108 Å². The summed E-state index contributed by atoms with van der Waals surface area (Å²) >= 11 is 1.38. The molecule has 1 atom stereocenters. The van der Waals surface area contributed by atoms with Gasteiger partial charge < -0.3 is 34.9 Å². The lowest BCUT2D eigenvalue weighted by atomic mass is 10.1. The normalized spacial score (nSPS) is 12.5. The molecule has 3 amide bonds. The highest BCUT2D eigenvalue weighted by Crippen LogP contribution is 2.35. The predicted molar refractivity (Wildman–Crippen MR) is 178 cm³/mol. The molecule has 0 aliphatic carbocycles. The molecule has 0 radical (unpaired) electrons. The van der Waals surface area contributed by atoms with Gasteiger partial charge in [0, 0.05) is 33.5 Å². The minimum absolute atomic E-state index is 0.00648. The number of hydrogen-bond donors (Lipinski definition) is 3. The summed E-state index contributed by atoms with van der Waals surface area (Å²) in [5.74, 6) is 1.10. The summed E-state index contributed by atoms with van der Waals surface area (Å²) in [7, 11) is 3.05. The summed E-state index contributed by atoms with van der Waals surface area (Å²) in [6.07, 6.45) is 2.10. The smallest absolute Gasteiger partial charge is 0.272 e. The van der Waals surface area contributed by atoms with Crippen molar-refractivity contribution >= 4 is 46.9 Å². The lowest BCUT2D eigenvalue weighted by Gasteiger charge is -2.16. The third kappa shape index (κ3) is 7.99. The third-order valence-corrected chi connectivity index (χ3v) is 8.30.